The third kappa shape index (κ3) is 2.69. The number of allylic oxidation sites excluding steroid dienone is 2. The van der Waals surface area contributed by atoms with Crippen LogP contribution in [0.3, 0.4) is 0 Å². The van der Waals surface area contributed by atoms with Gasteiger partial charge in [-0.05, 0) is 68.6 Å². The number of halogens is 4. The number of nitrogens with zero attached hydrogens (tertiary/aromatic N) is 2. The van der Waals surface area contributed by atoms with Crippen LogP contribution in [0.4, 0.5) is 8.63 Å². The van der Waals surface area contributed by atoms with Gasteiger partial charge in [0.2, 0.25) is 0 Å². The largest absolute Gasteiger partial charge is 0.737 e. The molecule has 2 aromatic rings. The van der Waals surface area contributed by atoms with Crippen LogP contribution >= 0.6 is 27.5 Å². The zero-order valence-electron chi connectivity index (χ0n) is 18.1. The molecule has 0 N–H and O–H groups in total. The average Bonchev–Trinajstić information content (AvgIpc) is 3.09. The zero-order chi connectivity index (χ0) is 22.1. The fraction of sp³-hybridized carbons (Fsp3) is 0.348. The Morgan fingerprint density at radius 3 is 2.37 bits per heavy atom. The predicted octanol–water partition coefficient (Wildman–Crippen LogP) is 7.29. The smallest absolute Gasteiger partial charge is 0.393 e. The summed E-state index contributed by atoms with van der Waals surface area (Å²) in [6, 6.07) is 5.56. The van der Waals surface area contributed by atoms with Gasteiger partial charge < -0.3 is 17.6 Å². The first-order chi connectivity index (χ1) is 14.1. The van der Waals surface area contributed by atoms with Gasteiger partial charge in [-0.25, -0.2) is 0 Å². The summed E-state index contributed by atoms with van der Waals surface area (Å²) >= 11 is 10.0. The van der Waals surface area contributed by atoms with Gasteiger partial charge in [0.15, 0.2) is 5.70 Å². The van der Waals surface area contributed by atoms with Crippen molar-refractivity contribution in [2.24, 2.45) is 0 Å². The molecule has 1 aromatic carbocycles. The summed E-state index contributed by atoms with van der Waals surface area (Å²) in [5.41, 5.74) is 7.95. The van der Waals surface area contributed by atoms with E-state index >= 15 is 8.63 Å². The van der Waals surface area contributed by atoms with Crippen LogP contribution in [0.2, 0.25) is 5.02 Å². The molecule has 4 rings (SSSR count). The average molecular weight is 494 g/mol. The lowest BCUT2D eigenvalue weighted by atomic mass is 9.83. The lowest BCUT2D eigenvalue weighted by Crippen LogP contribution is -2.51. The molecular formula is C23H25BBrClF2N2. The fourth-order valence-electron chi connectivity index (χ4n) is 5.42. The molecule has 2 aliphatic rings. The van der Waals surface area contributed by atoms with Crippen molar-refractivity contribution in [3.05, 3.63) is 72.6 Å². The Morgan fingerprint density at radius 2 is 1.77 bits per heavy atom. The Bertz CT molecular complexity index is 1200. The van der Waals surface area contributed by atoms with E-state index in [4.69, 9.17) is 11.6 Å². The quantitative estimate of drug-likeness (QED) is 0.397. The second-order valence-electron chi connectivity index (χ2n) is 8.11. The third-order valence-electron chi connectivity index (χ3n) is 6.69. The van der Waals surface area contributed by atoms with Gasteiger partial charge in [0.25, 0.3) is 0 Å². The normalized spacial score (nSPS) is 17.8. The van der Waals surface area contributed by atoms with Crippen molar-refractivity contribution >= 4 is 45.8 Å². The highest BCUT2D eigenvalue weighted by molar-refractivity contribution is 9.10. The van der Waals surface area contributed by atoms with Crippen LogP contribution in [0.5, 0.6) is 0 Å². The Hall–Kier alpha value is -1.66. The van der Waals surface area contributed by atoms with Crippen molar-refractivity contribution in [2.75, 3.05) is 0 Å². The molecule has 0 radical (unpaired) electrons. The standard InChI is InChI=1S/C23H25BBrClF2N2/c1-7-17-12(3)22-21(19-11-16(26)9-10-20(19)25)23-13(4)18(8-2)15(6)30(23)24(27,28)29(22)14(17)5/h9-11H,7-8H2,1-6H3. The van der Waals surface area contributed by atoms with Gasteiger partial charge >= 0.3 is 6.97 Å². The van der Waals surface area contributed by atoms with Crippen molar-refractivity contribution in [1.29, 1.82) is 0 Å². The topological polar surface area (TPSA) is 7.94 Å². The van der Waals surface area contributed by atoms with Gasteiger partial charge in [0.1, 0.15) is 5.71 Å². The van der Waals surface area contributed by atoms with E-state index in [2.05, 4.69) is 15.9 Å². The van der Waals surface area contributed by atoms with E-state index in [1.807, 2.05) is 53.7 Å². The maximum Gasteiger partial charge on any atom is 0.737 e. The first-order valence-corrected chi connectivity index (χ1v) is 11.5. The Morgan fingerprint density at radius 1 is 1.10 bits per heavy atom. The van der Waals surface area contributed by atoms with Crippen molar-refractivity contribution in [1.82, 2.24) is 4.48 Å². The van der Waals surface area contributed by atoms with E-state index in [0.717, 1.165) is 37.9 Å². The molecular weight excluding hydrogens is 468 g/mol. The zero-order valence-corrected chi connectivity index (χ0v) is 20.5. The van der Waals surface area contributed by atoms with Crippen LogP contribution in [0.1, 0.15) is 62.2 Å². The molecule has 30 heavy (non-hydrogen) atoms. The van der Waals surface area contributed by atoms with Crippen molar-refractivity contribution < 1.29 is 13.1 Å². The Labute approximate surface area is 190 Å². The van der Waals surface area contributed by atoms with Crippen LogP contribution in [0.15, 0.2) is 39.5 Å². The van der Waals surface area contributed by atoms with E-state index in [9.17, 15) is 0 Å². The molecule has 0 aliphatic carbocycles. The monoisotopic (exact) mass is 492 g/mol. The van der Waals surface area contributed by atoms with E-state index in [0.29, 0.717) is 40.7 Å². The summed E-state index contributed by atoms with van der Waals surface area (Å²) < 4.78 is 35.8. The predicted molar refractivity (Wildman–Crippen MR) is 126 cm³/mol. The molecule has 0 atom stereocenters. The van der Waals surface area contributed by atoms with Crippen LogP contribution in [-0.4, -0.2) is 21.6 Å². The Kier molecular flexibility index (Phi) is 5.18. The van der Waals surface area contributed by atoms with E-state index in [-0.39, 0.29) is 0 Å². The minimum Gasteiger partial charge on any atom is -0.393 e. The minimum atomic E-state index is -4.01. The molecule has 2 aliphatic heterocycles. The summed E-state index contributed by atoms with van der Waals surface area (Å²) in [5, 5.41) is 0.579. The summed E-state index contributed by atoms with van der Waals surface area (Å²) in [6.45, 7) is 7.58. The number of rotatable bonds is 3. The van der Waals surface area contributed by atoms with Gasteiger partial charge in [-0.1, -0.05) is 41.4 Å². The summed E-state index contributed by atoms with van der Waals surface area (Å²) in [4.78, 5) is 0. The lowest BCUT2D eigenvalue weighted by molar-refractivity contribution is -0.363. The number of benzene rings is 1. The molecule has 0 amide bonds. The highest BCUT2D eigenvalue weighted by atomic mass is 79.9. The summed E-state index contributed by atoms with van der Waals surface area (Å²) in [5.74, 6) is 0. The number of aromatic nitrogens is 1. The maximum absolute atomic E-state index is 16.2. The van der Waals surface area contributed by atoms with Gasteiger partial charge in [-0.2, -0.15) is 0 Å². The maximum atomic E-state index is 16.2. The fourth-order valence-corrected chi connectivity index (χ4v) is 6.04. The molecule has 158 valence electrons. The second kappa shape index (κ2) is 7.20. The van der Waals surface area contributed by atoms with E-state index in [1.165, 1.54) is 8.96 Å². The van der Waals surface area contributed by atoms with Gasteiger partial charge in [-0.3, -0.25) is 0 Å². The number of hydrogen-bond donors (Lipinski definition) is 0. The van der Waals surface area contributed by atoms with Gasteiger partial charge in [-0.15, -0.1) is 0 Å². The SMILES string of the molecule is CCC1=C(C)C2=C(c3cc(Cl)ccc3Br)c3c(C)c(CC)c(C)n3[B-](F)(F)[N+]2=C1C. The molecule has 0 unspecified atom stereocenters. The number of hydrogen-bond acceptors (Lipinski definition) is 0. The van der Waals surface area contributed by atoms with Crippen LogP contribution in [-0.2, 0) is 6.42 Å². The molecule has 0 fully saturated rings. The first kappa shape index (κ1) is 21.6. The van der Waals surface area contributed by atoms with Crippen LogP contribution in [0, 0.1) is 13.8 Å². The highest BCUT2D eigenvalue weighted by Gasteiger charge is 2.56. The molecule has 0 bridgehead atoms. The first-order valence-electron chi connectivity index (χ1n) is 10.3. The molecule has 7 heteroatoms. The van der Waals surface area contributed by atoms with Crippen molar-refractivity contribution in [3.8, 4) is 0 Å². The molecule has 2 nitrogen and oxygen atoms in total. The third-order valence-corrected chi connectivity index (χ3v) is 7.62. The number of fused-ring (bicyclic) bond motifs is 2. The minimum absolute atomic E-state index is 0.579. The summed E-state index contributed by atoms with van der Waals surface area (Å²) in [6.07, 6.45) is 1.42. The van der Waals surface area contributed by atoms with E-state index < -0.39 is 6.97 Å². The molecule has 0 saturated heterocycles. The van der Waals surface area contributed by atoms with Gasteiger partial charge in [0, 0.05) is 38.8 Å². The highest BCUT2D eigenvalue weighted by Crippen LogP contribution is 2.48. The van der Waals surface area contributed by atoms with Gasteiger partial charge in [0.05, 0.1) is 5.57 Å². The molecule has 3 heterocycles. The second-order valence-corrected chi connectivity index (χ2v) is 9.40. The summed E-state index contributed by atoms with van der Waals surface area (Å²) in [7, 11) is 0. The lowest BCUT2D eigenvalue weighted by Gasteiger charge is -2.34. The van der Waals surface area contributed by atoms with Crippen molar-refractivity contribution in [3.63, 3.8) is 0 Å². The van der Waals surface area contributed by atoms with Crippen LogP contribution < -0.4 is 0 Å². The molecule has 0 spiro atoms. The molecule has 0 saturated carbocycles. The molecule has 1 aromatic heterocycles. The Balaban J connectivity index is 2.27. The van der Waals surface area contributed by atoms with Crippen molar-refractivity contribution in [2.45, 2.75) is 54.4 Å². The van der Waals surface area contributed by atoms with E-state index in [1.54, 1.807) is 6.07 Å². The van der Waals surface area contributed by atoms with Crippen LogP contribution in [0.25, 0.3) is 5.57 Å².